The van der Waals surface area contributed by atoms with Gasteiger partial charge in [-0.1, -0.05) is 50.2 Å². The SMILES string of the molecule is CC(C)CN(CC(O)C(Cc1ccccc1)NC(=O)OCc1cncs1)S(=O)(=O)c1ccc2nc(N(C)C(=O)c3ccccn3)oc2c1. The van der Waals surface area contributed by atoms with Gasteiger partial charge in [-0.05, 0) is 42.2 Å². The number of hydrogen-bond acceptors (Lipinski definition) is 11. The first-order chi connectivity index (χ1) is 23.0. The summed E-state index contributed by atoms with van der Waals surface area (Å²) < 4.78 is 40.5. The highest BCUT2D eigenvalue weighted by Gasteiger charge is 2.32. The van der Waals surface area contributed by atoms with Gasteiger partial charge >= 0.3 is 12.1 Å². The summed E-state index contributed by atoms with van der Waals surface area (Å²) in [6, 6.07) is 17.5. The molecular weight excluding hydrogens is 657 g/mol. The maximum atomic E-state index is 14.1. The minimum absolute atomic E-state index is 0.0113. The summed E-state index contributed by atoms with van der Waals surface area (Å²) in [5.74, 6) is -0.540. The first kappa shape index (κ1) is 34.6. The molecule has 0 spiro atoms. The van der Waals surface area contributed by atoms with Crippen LogP contribution in [0.2, 0.25) is 0 Å². The van der Waals surface area contributed by atoms with Crippen LogP contribution < -0.4 is 10.2 Å². The highest BCUT2D eigenvalue weighted by molar-refractivity contribution is 7.89. The molecule has 0 bridgehead atoms. The van der Waals surface area contributed by atoms with Gasteiger partial charge in [-0.25, -0.2) is 13.2 Å². The van der Waals surface area contributed by atoms with Crippen molar-refractivity contribution < 1.29 is 32.3 Å². The molecule has 13 nitrogen and oxygen atoms in total. The zero-order valence-corrected chi connectivity index (χ0v) is 28.2. The maximum absolute atomic E-state index is 14.1. The van der Waals surface area contributed by atoms with E-state index in [0.717, 1.165) is 10.4 Å². The smallest absolute Gasteiger partial charge is 0.407 e. The predicted octanol–water partition coefficient (Wildman–Crippen LogP) is 4.50. The van der Waals surface area contributed by atoms with Crippen LogP contribution in [0.1, 0.15) is 34.8 Å². The van der Waals surface area contributed by atoms with Gasteiger partial charge in [0.15, 0.2) is 5.58 Å². The molecule has 5 aromatic rings. The quantitative estimate of drug-likeness (QED) is 0.169. The van der Waals surface area contributed by atoms with E-state index in [1.807, 2.05) is 44.2 Å². The highest BCUT2D eigenvalue weighted by atomic mass is 32.2. The van der Waals surface area contributed by atoms with Gasteiger partial charge in [-0.2, -0.15) is 9.29 Å². The Morgan fingerprint density at radius 1 is 1.06 bits per heavy atom. The van der Waals surface area contributed by atoms with Gasteiger partial charge in [0.25, 0.3) is 5.91 Å². The standard InChI is InChI=1S/C33H36N6O7S2/c1-22(2)18-39(19-29(40)28(15-23-9-5-4-6-10-23)37-33(42)45-20-24-17-34-21-47-24)48(43,44)25-12-13-26-30(16-25)46-32(36-26)38(3)31(41)27-11-7-8-14-35-27/h4-14,16-17,21-22,28-29,40H,15,18-20H2,1-3H3,(H,37,42). The van der Waals surface area contributed by atoms with E-state index >= 15 is 0 Å². The Labute approximate surface area is 282 Å². The number of hydrogen-bond donors (Lipinski definition) is 2. The van der Waals surface area contributed by atoms with Gasteiger partial charge in [0.1, 0.15) is 17.8 Å². The molecule has 0 aliphatic rings. The number of nitrogens with one attached hydrogen (secondary N) is 1. The molecule has 0 radical (unpaired) electrons. The Hall–Kier alpha value is -4.70. The fraction of sp³-hybridized carbons (Fsp3) is 0.303. The van der Waals surface area contributed by atoms with Gasteiger partial charge in [-0.15, -0.1) is 11.3 Å². The van der Waals surface area contributed by atoms with E-state index in [2.05, 4.69) is 20.3 Å². The zero-order valence-electron chi connectivity index (χ0n) is 26.6. The molecule has 0 saturated heterocycles. The fourth-order valence-electron chi connectivity index (χ4n) is 4.90. The lowest BCUT2D eigenvalue weighted by atomic mass is 10.0. The van der Waals surface area contributed by atoms with Crippen LogP contribution in [0, 0.1) is 5.92 Å². The summed E-state index contributed by atoms with van der Waals surface area (Å²) in [5.41, 5.74) is 3.17. The van der Waals surface area contributed by atoms with Crippen molar-refractivity contribution in [2.75, 3.05) is 25.0 Å². The third kappa shape index (κ3) is 8.60. The number of ether oxygens (including phenoxy) is 1. The zero-order chi connectivity index (χ0) is 34.3. The molecule has 2 amide bonds. The van der Waals surface area contributed by atoms with Crippen LogP contribution in [0.5, 0.6) is 0 Å². The number of sulfonamides is 1. The molecule has 252 valence electrons. The molecule has 2 atom stereocenters. The lowest BCUT2D eigenvalue weighted by Crippen LogP contribution is -2.51. The summed E-state index contributed by atoms with van der Waals surface area (Å²) >= 11 is 1.34. The van der Waals surface area contributed by atoms with E-state index in [0.29, 0.717) is 5.52 Å². The van der Waals surface area contributed by atoms with Gasteiger partial charge in [0.2, 0.25) is 10.0 Å². The summed E-state index contributed by atoms with van der Waals surface area (Å²) in [7, 11) is -2.70. The number of rotatable bonds is 14. The van der Waals surface area contributed by atoms with E-state index in [1.165, 1.54) is 52.0 Å². The number of aliphatic hydroxyl groups is 1. The van der Waals surface area contributed by atoms with E-state index < -0.39 is 34.2 Å². The summed E-state index contributed by atoms with van der Waals surface area (Å²) in [6.45, 7) is 3.53. The van der Waals surface area contributed by atoms with Crippen molar-refractivity contribution in [2.24, 2.45) is 5.92 Å². The molecule has 2 unspecified atom stereocenters. The van der Waals surface area contributed by atoms with Crippen LogP contribution in [-0.4, -0.2) is 77.1 Å². The third-order valence-electron chi connectivity index (χ3n) is 7.32. The Bertz CT molecular complexity index is 1920. The number of benzene rings is 2. The second-order valence-electron chi connectivity index (χ2n) is 11.5. The summed E-state index contributed by atoms with van der Waals surface area (Å²) in [6.07, 6.45) is 1.27. The van der Waals surface area contributed by atoms with Crippen molar-refractivity contribution in [3.05, 3.63) is 101 Å². The number of alkyl carbamates (subject to hydrolysis) is 1. The molecule has 0 fully saturated rings. The van der Waals surface area contributed by atoms with Crippen LogP contribution in [0.3, 0.4) is 0 Å². The number of aromatic nitrogens is 3. The van der Waals surface area contributed by atoms with Crippen molar-refractivity contribution in [1.29, 1.82) is 0 Å². The van der Waals surface area contributed by atoms with Crippen molar-refractivity contribution >= 4 is 50.5 Å². The molecular formula is C33H36N6O7S2. The number of thiazole rings is 1. The van der Waals surface area contributed by atoms with Crippen LogP contribution in [0.4, 0.5) is 10.8 Å². The number of nitrogens with zero attached hydrogens (tertiary/aromatic N) is 5. The first-order valence-electron chi connectivity index (χ1n) is 15.1. The minimum Gasteiger partial charge on any atom is -0.444 e. The molecule has 48 heavy (non-hydrogen) atoms. The van der Waals surface area contributed by atoms with E-state index in [9.17, 15) is 23.1 Å². The van der Waals surface area contributed by atoms with Crippen LogP contribution in [0.25, 0.3) is 11.1 Å². The number of pyridine rings is 1. The molecule has 0 saturated carbocycles. The number of fused-ring (bicyclic) bond motifs is 1. The van der Waals surface area contributed by atoms with Gasteiger partial charge in [-0.3, -0.25) is 19.7 Å². The largest absolute Gasteiger partial charge is 0.444 e. The Balaban J connectivity index is 1.36. The molecule has 0 aliphatic heterocycles. The second kappa shape index (κ2) is 15.5. The van der Waals surface area contributed by atoms with Crippen molar-refractivity contribution in [1.82, 2.24) is 24.6 Å². The molecule has 5 rings (SSSR count). The number of carbonyl (C=O) groups excluding carboxylic acids is 2. The number of carbonyl (C=O) groups is 2. The second-order valence-corrected chi connectivity index (χ2v) is 14.4. The highest BCUT2D eigenvalue weighted by Crippen LogP contribution is 2.27. The average molecular weight is 693 g/mol. The molecule has 2 N–H and O–H groups in total. The van der Waals surface area contributed by atoms with Crippen molar-refractivity contribution in [3.63, 3.8) is 0 Å². The normalized spacial score (nSPS) is 13.0. The minimum atomic E-state index is -4.18. The predicted molar refractivity (Wildman–Crippen MR) is 180 cm³/mol. The van der Waals surface area contributed by atoms with Gasteiger partial charge in [0.05, 0.1) is 27.4 Å². The van der Waals surface area contributed by atoms with Gasteiger partial charge < -0.3 is 19.6 Å². The van der Waals surface area contributed by atoms with Crippen LogP contribution >= 0.6 is 11.3 Å². The monoisotopic (exact) mass is 692 g/mol. The number of anilines is 1. The molecule has 2 aromatic carbocycles. The molecule has 0 aliphatic carbocycles. The molecule has 3 heterocycles. The lowest BCUT2D eigenvalue weighted by Gasteiger charge is -2.30. The fourth-order valence-corrected chi connectivity index (χ4v) is 7.05. The topological polar surface area (TPSA) is 168 Å². The van der Waals surface area contributed by atoms with Crippen LogP contribution in [-0.2, 0) is 27.8 Å². The molecule has 3 aromatic heterocycles. The summed E-state index contributed by atoms with van der Waals surface area (Å²) in [5, 5.41) is 14.2. The van der Waals surface area contributed by atoms with Crippen molar-refractivity contribution in [3.8, 4) is 0 Å². The van der Waals surface area contributed by atoms with E-state index in [1.54, 1.807) is 29.9 Å². The summed E-state index contributed by atoms with van der Waals surface area (Å²) in [4.78, 5) is 39.9. The van der Waals surface area contributed by atoms with Gasteiger partial charge in [0, 0.05) is 38.6 Å². The molecule has 15 heteroatoms. The third-order valence-corrected chi connectivity index (χ3v) is 9.90. The first-order valence-corrected chi connectivity index (χ1v) is 17.5. The van der Waals surface area contributed by atoms with Crippen molar-refractivity contribution in [2.45, 2.75) is 43.9 Å². The Kier molecular flexibility index (Phi) is 11.2. The van der Waals surface area contributed by atoms with E-state index in [4.69, 9.17) is 9.15 Å². The number of amides is 2. The lowest BCUT2D eigenvalue weighted by molar-refractivity contribution is 0.0876. The number of aliphatic hydroxyl groups excluding tert-OH is 1. The number of oxazole rings is 1. The average Bonchev–Trinajstić information content (AvgIpc) is 3.77. The van der Waals surface area contributed by atoms with E-state index in [-0.39, 0.29) is 54.2 Å². The Morgan fingerprint density at radius 2 is 1.83 bits per heavy atom. The maximum Gasteiger partial charge on any atom is 0.407 e. The Morgan fingerprint density at radius 3 is 2.52 bits per heavy atom. The van der Waals surface area contributed by atoms with Crippen LogP contribution in [0.15, 0.2) is 93.9 Å².